The van der Waals surface area contributed by atoms with Crippen molar-refractivity contribution in [3.8, 4) is 5.75 Å². The van der Waals surface area contributed by atoms with Gasteiger partial charge in [0.05, 0.1) is 24.5 Å². The van der Waals surface area contributed by atoms with Crippen LogP contribution >= 0.6 is 0 Å². The monoisotopic (exact) mass is 495 g/mol. The average molecular weight is 496 g/mol. The molecular weight excluding hydrogens is 466 g/mol. The van der Waals surface area contributed by atoms with E-state index in [4.69, 9.17) is 4.74 Å². The van der Waals surface area contributed by atoms with Gasteiger partial charge in [0.15, 0.2) is 0 Å². The number of rotatable bonds is 7. The number of methoxy groups -OCH3 is 1. The first-order valence-corrected chi connectivity index (χ1v) is 12.9. The van der Waals surface area contributed by atoms with Gasteiger partial charge in [-0.1, -0.05) is 36.4 Å². The molecule has 0 aliphatic carbocycles. The second-order valence-corrected chi connectivity index (χ2v) is 10.6. The van der Waals surface area contributed by atoms with E-state index in [1.54, 1.807) is 19.2 Å². The van der Waals surface area contributed by atoms with Crippen molar-refractivity contribution in [2.75, 3.05) is 39.1 Å². The Labute approximate surface area is 205 Å². The fourth-order valence-electron chi connectivity index (χ4n) is 4.39. The van der Waals surface area contributed by atoms with Crippen LogP contribution in [0.5, 0.6) is 5.75 Å². The molecule has 8 nitrogen and oxygen atoms in total. The van der Waals surface area contributed by atoms with Crippen LogP contribution in [0.2, 0.25) is 0 Å². The van der Waals surface area contributed by atoms with Crippen molar-refractivity contribution in [3.63, 3.8) is 0 Å². The van der Waals surface area contributed by atoms with Crippen molar-refractivity contribution in [2.45, 2.75) is 17.7 Å². The molecule has 0 bridgehead atoms. The molecule has 0 aromatic heterocycles. The molecular formula is C26H29N3O5S. The number of piperidine rings is 1. The number of fused-ring (bicyclic) bond motifs is 1. The third-order valence-corrected chi connectivity index (χ3v) is 8.13. The number of nitrogens with one attached hydrogen (secondary N) is 1. The lowest BCUT2D eigenvalue weighted by atomic mass is 9.98. The third-order valence-electron chi connectivity index (χ3n) is 6.25. The maximum Gasteiger partial charge on any atom is 0.244 e. The zero-order chi connectivity index (χ0) is 25.0. The quantitative estimate of drug-likeness (QED) is 0.542. The zero-order valence-electron chi connectivity index (χ0n) is 19.8. The lowest BCUT2D eigenvalue weighted by Gasteiger charge is -2.33. The zero-order valence-corrected chi connectivity index (χ0v) is 20.6. The predicted molar refractivity (Wildman–Crippen MR) is 135 cm³/mol. The summed E-state index contributed by atoms with van der Waals surface area (Å²) in [5, 5.41) is 4.82. The number of nitrogens with zero attached hydrogens (tertiary/aromatic N) is 2. The van der Waals surface area contributed by atoms with E-state index in [-0.39, 0.29) is 29.8 Å². The van der Waals surface area contributed by atoms with Crippen molar-refractivity contribution >= 4 is 38.3 Å². The van der Waals surface area contributed by atoms with Crippen LogP contribution in [0.15, 0.2) is 71.6 Å². The van der Waals surface area contributed by atoms with Gasteiger partial charge in [-0.25, -0.2) is 8.42 Å². The molecule has 35 heavy (non-hydrogen) atoms. The Morgan fingerprint density at radius 2 is 1.77 bits per heavy atom. The lowest BCUT2D eigenvalue weighted by molar-refractivity contribution is -0.138. The highest BCUT2D eigenvalue weighted by Gasteiger charge is 2.34. The van der Waals surface area contributed by atoms with E-state index in [9.17, 15) is 18.0 Å². The molecule has 1 fully saturated rings. The number of carbonyl (C=O) groups excluding carboxylic acids is 2. The maximum atomic E-state index is 13.1. The molecule has 3 aromatic carbocycles. The Morgan fingerprint density at radius 1 is 1.06 bits per heavy atom. The van der Waals surface area contributed by atoms with E-state index in [1.165, 1.54) is 28.4 Å². The summed E-state index contributed by atoms with van der Waals surface area (Å²) in [6, 6.07) is 19.6. The minimum atomic E-state index is -3.74. The number of hydrogen-bond acceptors (Lipinski definition) is 5. The molecule has 184 valence electrons. The molecule has 0 saturated carbocycles. The SMILES string of the molecule is COc1ccc(S(=O)(=O)N2CCC[C@@H](C(=O)N(C)CC(=O)Nc3cccc4ccccc34)C2)cc1. The molecule has 1 aliphatic heterocycles. The summed E-state index contributed by atoms with van der Waals surface area (Å²) in [6.07, 6.45) is 1.14. The van der Waals surface area contributed by atoms with E-state index in [1.807, 2.05) is 42.5 Å². The second kappa shape index (κ2) is 10.5. The van der Waals surface area contributed by atoms with Crippen LogP contribution in [0.1, 0.15) is 12.8 Å². The number of hydrogen-bond donors (Lipinski definition) is 1. The fraction of sp³-hybridized carbons (Fsp3) is 0.308. The second-order valence-electron chi connectivity index (χ2n) is 8.65. The van der Waals surface area contributed by atoms with Gasteiger partial charge in [0.1, 0.15) is 5.75 Å². The fourth-order valence-corrected chi connectivity index (χ4v) is 5.91. The van der Waals surface area contributed by atoms with Gasteiger partial charge < -0.3 is 15.0 Å². The molecule has 2 amide bonds. The van der Waals surface area contributed by atoms with Gasteiger partial charge in [-0.05, 0) is 48.6 Å². The summed E-state index contributed by atoms with van der Waals surface area (Å²) in [5.41, 5.74) is 0.684. The summed E-state index contributed by atoms with van der Waals surface area (Å²) >= 11 is 0. The number of anilines is 1. The molecule has 0 unspecified atom stereocenters. The molecule has 1 atom stereocenters. The molecule has 1 saturated heterocycles. The third kappa shape index (κ3) is 5.47. The van der Waals surface area contributed by atoms with Gasteiger partial charge in [0, 0.05) is 31.2 Å². The van der Waals surface area contributed by atoms with Crippen LogP contribution in [0.4, 0.5) is 5.69 Å². The van der Waals surface area contributed by atoms with Crippen LogP contribution in [0.3, 0.4) is 0 Å². The molecule has 1 aliphatic rings. The molecule has 4 rings (SSSR count). The molecule has 0 radical (unpaired) electrons. The highest BCUT2D eigenvalue weighted by Crippen LogP contribution is 2.26. The lowest BCUT2D eigenvalue weighted by Crippen LogP contribution is -2.47. The number of carbonyl (C=O) groups is 2. The number of benzene rings is 3. The predicted octanol–water partition coefficient (Wildman–Crippen LogP) is 3.35. The van der Waals surface area contributed by atoms with E-state index in [2.05, 4.69) is 5.32 Å². The maximum absolute atomic E-state index is 13.1. The molecule has 0 spiro atoms. The van der Waals surface area contributed by atoms with Crippen LogP contribution in [0.25, 0.3) is 10.8 Å². The van der Waals surface area contributed by atoms with E-state index >= 15 is 0 Å². The van der Waals surface area contributed by atoms with E-state index in [0.29, 0.717) is 30.8 Å². The van der Waals surface area contributed by atoms with Gasteiger partial charge in [-0.2, -0.15) is 4.31 Å². The van der Waals surface area contributed by atoms with Crippen molar-refractivity contribution in [3.05, 3.63) is 66.7 Å². The molecule has 1 heterocycles. The minimum Gasteiger partial charge on any atom is -0.497 e. The first kappa shape index (κ1) is 24.7. The summed E-state index contributed by atoms with van der Waals surface area (Å²) in [4.78, 5) is 27.3. The first-order valence-electron chi connectivity index (χ1n) is 11.5. The summed E-state index contributed by atoms with van der Waals surface area (Å²) in [6.45, 7) is 0.315. The molecule has 1 N–H and O–H groups in total. The Balaban J connectivity index is 1.39. The Hall–Kier alpha value is -3.43. The molecule has 9 heteroatoms. The van der Waals surface area contributed by atoms with E-state index < -0.39 is 15.9 Å². The van der Waals surface area contributed by atoms with Gasteiger partial charge >= 0.3 is 0 Å². The minimum absolute atomic E-state index is 0.0858. The Bertz CT molecular complexity index is 1320. The first-order chi connectivity index (χ1) is 16.8. The largest absolute Gasteiger partial charge is 0.497 e. The van der Waals surface area contributed by atoms with Crippen molar-refractivity contribution in [1.82, 2.24) is 9.21 Å². The average Bonchev–Trinajstić information content (AvgIpc) is 2.88. The van der Waals surface area contributed by atoms with E-state index in [0.717, 1.165) is 10.8 Å². The van der Waals surface area contributed by atoms with Crippen LogP contribution in [-0.2, 0) is 19.6 Å². The van der Waals surface area contributed by atoms with Crippen LogP contribution in [-0.4, -0.2) is 63.2 Å². The number of sulfonamides is 1. The normalized spacial score (nSPS) is 16.6. The van der Waals surface area contributed by atoms with Crippen LogP contribution in [0, 0.1) is 5.92 Å². The van der Waals surface area contributed by atoms with Crippen molar-refractivity contribution in [1.29, 1.82) is 0 Å². The van der Waals surface area contributed by atoms with Gasteiger partial charge in [-0.15, -0.1) is 0 Å². The van der Waals surface area contributed by atoms with Crippen LogP contribution < -0.4 is 10.1 Å². The smallest absolute Gasteiger partial charge is 0.244 e. The van der Waals surface area contributed by atoms with Gasteiger partial charge in [0.25, 0.3) is 0 Å². The van der Waals surface area contributed by atoms with Gasteiger partial charge in [-0.3, -0.25) is 9.59 Å². The highest BCUT2D eigenvalue weighted by atomic mass is 32.2. The standard InChI is InChI=1S/C26H29N3O5S/c1-28(18-25(30)27-24-11-5-8-19-7-3-4-10-23(19)24)26(31)20-9-6-16-29(17-20)35(32,33)22-14-12-21(34-2)13-15-22/h3-5,7-8,10-15,20H,6,9,16-18H2,1-2H3,(H,27,30)/t20-/m1/s1. The summed E-state index contributed by atoms with van der Waals surface area (Å²) in [5.74, 6) is -0.491. The van der Waals surface area contributed by atoms with Crippen molar-refractivity contribution in [2.24, 2.45) is 5.92 Å². The summed E-state index contributed by atoms with van der Waals surface area (Å²) in [7, 11) is -0.648. The topological polar surface area (TPSA) is 96.0 Å². The Morgan fingerprint density at radius 3 is 2.51 bits per heavy atom. The highest BCUT2D eigenvalue weighted by molar-refractivity contribution is 7.89. The number of amides is 2. The number of ether oxygens (including phenoxy) is 1. The number of likely N-dealkylation sites (N-methyl/N-ethyl adjacent to an activating group) is 1. The Kier molecular flexibility index (Phi) is 7.37. The van der Waals surface area contributed by atoms with Crippen molar-refractivity contribution < 1.29 is 22.7 Å². The van der Waals surface area contributed by atoms with Gasteiger partial charge in [0.2, 0.25) is 21.8 Å². The summed E-state index contributed by atoms with van der Waals surface area (Å²) < 4.78 is 32.7. The molecule has 3 aromatic rings.